The fraction of sp³-hybridized carbons (Fsp3) is 0.526. The van der Waals surface area contributed by atoms with Crippen molar-refractivity contribution in [2.24, 2.45) is 5.92 Å². The largest absolute Gasteiger partial charge is 0.351 e. The molecule has 6 nitrogen and oxygen atoms in total. The number of nitrogens with zero attached hydrogens (tertiary/aromatic N) is 3. The van der Waals surface area contributed by atoms with Gasteiger partial charge in [0.05, 0.1) is 12.5 Å². The summed E-state index contributed by atoms with van der Waals surface area (Å²) in [5.74, 6) is 1.35. The number of hydrogen-bond donors (Lipinski definition) is 1. The van der Waals surface area contributed by atoms with E-state index < -0.39 is 0 Å². The molecule has 1 atom stereocenters. The van der Waals surface area contributed by atoms with Crippen molar-refractivity contribution in [2.45, 2.75) is 45.7 Å². The Kier molecular flexibility index (Phi) is 5.18. The molecule has 1 fully saturated rings. The van der Waals surface area contributed by atoms with Gasteiger partial charge in [-0.1, -0.05) is 35.5 Å². The Bertz CT molecular complexity index is 706. The first-order valence-electron chi connectivity index (χ1n) is 8.83. The van der Waals surface area contributed by atoms with E-state index in [2.05, 4.69) is 20.4 Å². The summed E-state index contributed by atoms with van der Waals surface area (Å²) in [6.45, 7) is 8.28. The number of carbonyl (C=O) groups is 1. The van der Waals surface area contributed by atoms with Crippen LogP contribution in [0.2, 0.25) is 0 Å². The predicted molar refractivity (Wildman–Crippen MR) is 95.6 cm³/mol. The molecule has 134 valence electrons. The predicted octanol–water partition coefficient (Wildman–Crippen LogP) is 2.86. The number of aromatic nitrogens is 2. The van der Waals surface area contributed by atoms with Crippen molar-refractivity contribution < 1.29 is 9.32 Å². The van der Waals surface area contributed by atoms with Crippen LogP contribution in [0.3, 0.4) is 0 Å². The Morgan fingerprint density at radius 3 is 2.80 bits per heavy atom. The van der Waals surface area contributed by atoms with E-state index in [1.807, 2.05) is 51.1 Å². The Morgan fingerprint density at radius 1 is 1.32 bits per heavy atom. The second kappa shape index (κ2) is 7.35. The second-order valence-electron chi connectivity index (χ2n) is 7.69. The molecule has 1 amide bonds. The zero-order valence-corrected chi connectivity index (χ0v) is 15.2. The molecule has 1 unspecified atom stereocenters. The summed E-state index contributed by atoms with van der Waals surface area (Å²) in [6, 6.07) is 9.79. The second-order valence-corrected chi connectivity index (χ2v) is 7.69. The van der Waals surface area contributed by atoms with Gasteiger partial charge in [0.2, 0.25) is 17.6 Å². The normalized spacial score (nSPS) is 18.9. The smallest absolute Gasteiger partial charge is 0.241 e. The first-order chi connectivity index (χ1) is 11.9. The number of likely N-dealkylation sites (tertiary alicyclic amines) is 1. The number of piperidine rings is 1. The van der Waals surface area contributed by atoms with Gasteiger partial charge in [0.25, 0.3) is 0 Å². The number of hydrogen-bond acceptors (Lipinski definition) is 5. The molecule has 0 saturated carbocycles. The maximum absolute atomic E-state index is 12.4. The molecule has 6 heteroatoms. The zero-order valence-electron chi connectivity index (χ0n) is 15.2. The van der Waals surface area contributed by atoms with Gasteiger partial charge in [-0.05, 0) is 40.2 Å². The molecule has 1 aromatic carbocycles. The maximum Gasteiger partial charge on any atom is 0.241 e. The average Bonchev–Trinajstić information content (AvgIpc) is 3.03. The fourth-order valence-corrected chi connectivity index (χ4v) is 3.10. The third-order valence-corrected chi connectivity index (χ3v) is 4.23. The lowest BCUT2D eigenvalue weighted by molar-refractivity contribution is -0.128. The molecule has 3 rings (SSSR count). The van der Waals surface area contributed by atoms with Gasteiger partial charge in [-0.15, -0.1) is 0 Å². The number of amides is 1. The Balaban J connectivity index is 1.60. The molecule has 1 aliphatic heterocycles. The third-order valence-electron chi connectivity index (χ3n) is 4.23. The van der Waals surface area contributed by atoms with Crippen LogP contribution in [-0.2, 0) is 11.3 Å². The van der Waals surface area contributed by atoms with Gasteiger partial charge in [0.15, 0.2) is 0 Å². The van der Waals surface area contributed by atoms with Gasteiger partial charge >= 0.3 is 0 Å². The molecule has 0 radical (unpaired) electrons. The van der Waals surface area contributed by atoms with Crippen LogP contribution in [-0.4, -0.2) is 39.6 Å². The van der Waals surface area contributed by atoms with E-state index in [0.29, 0.717) is 18.3 Å². The zero-order chi connectivity index (χ0) is 17.9. The number of benzene rings is 1. The number of nitrogens with one attached hydrogen (secondary N) is 1. The Hall–Kier alpha value is -2.21. The SMILES string of the molecule is CC(C)(C)NC(=O)C1CCCN(Cc2nc(-c3ccccc3)no2)C1. The Morgan fingerprint density at radius 2 is 2.08 bits per heavy atom. The van der Waals surface area contributed by atoms with Gasteiger partial charge in [-0.25, -0.2) is 0 Å². The van der Waals surface area contributed by atoms with Crippen molar-refractivity contribution in [1.82, 2.24) is 20.4 Å². The van der Waals surface area contributed by atoms with Gasteiger partial charge in [-0.2, -0.15) is 4.98 Å². The van der Waals surface area contributed by atoms with Crippen LogP contribution in [0.4, 0.5) is 0 Å². The summed E-state index contributed by atoms with van der Waals surface area (Å²) >= 11 is 0. The molecule has 2 heterocycles. The van der Waals surface area contributed by atoms with Crippen molar-refractivity contribution >= 4 is 5.91 Å². The van der Waals surface area contributed by atoms with E-state index in [0.717, 1.165) is 31.5 Å². The molecule has 2 aromatic rings. The summed E-state index contributed by atoms with van der Waals surface area (Å²) in [6.07, 6.45) is 1.93. The number of carbonyl (C=O) groups excluding carboxylic acids is 1. The van der Waals surface area contributed by atoms with Gasteiger partial charge < -0.3 is 9.84 Å². The van der Waals surface area contributed by atoms with Gasteiger partial charge in [0.1, 0.15) is 0 Å². The van der Waals surface area contributed by atoms with Crippen LogP contribution in [0.5, 0.6) is 0 Å². The van der Waals surface area contributed by atoms with Crippen molar-refractivity contribution in [3.63, 3.8) is 0 Å². The van der Waals surface area contributed by atoms with E-state index in [-0.39, 0.29) is 17.4 Å². The van der Waals surface area contributed by atoms with Gasteiger partial charge in [0, 0.05) is 17.6 Å². The molecular weight excluding hydrogens is 316 g/mol. The Labute approximate surface area is 148 Å². The minimum absolute atomic E-state index is 0.0180. The van der Waals surface area contributed by atoms with E-state index in [1.54, 1.807) is 0 Å². The van der Waals surface area contributed by atoms with E-state index >= 15 is 0 Å². The van der Waals surface area contributed by atoms with E-state index in [4.69, 9.17) is 4.52 Å². The lowest BCUT2D eigenvalue weighted by Crippen LogP contribution is -2.48. The summed E-state index contributed by atoms with van der Waals surface area (Å²) in [5, 5.41) is 7.14. The van der Waals surface area contributed by atoms with Crippen LogP contribution in [0.15, 0.2) is 34.9 Å². The molecule has 1 N–H and O–H groups in total. The monoisotopic (exact) mass is 342 g/mol. The molecule has 1 aliphatic rings. The third kappa shape index (κ3) is 4.89. The highest BCUT2D eigenvalue weighted by atomic mass is 16.5. The summed E-state index contributed by atoms with van der Waals surface area (Å²) in [5.41, 5.74) is 0.745. The molecule has 1 aromatic heterocycles. The molecule has 0 bridgehead atoms. The minimum atomic E-state index is -0.198. The van der Waals surface area contributed by atoms with Crippen molar-refractivity contribution in [3.8, 4) is 11.4 Å². The molecular formula is C19H26N4O2. The van der Waals surface area contributed by atoms with Crippen LogP contribution in [0.1, 0.15) is 39.5 Å². The topological polar surface area (TPSA) is 71.3 Å². The molecule has 25 heavy (non-hydrogen) atoms. The highest BCUT2D eigenvalue weighted by Crippen LogP contribution is 2.21. The van der Waals surface area contributed by atoms with E-state index in [1.165, 1.54) is 0 Å². The van der Waals surface area contributed by atoms with Crippen LogP contribution in [0, 0.1) is 5.92 Å². The molecule has 0 spiro atoms. The van der Waals surface area contributed by atoms with Crippen LogP contribution >= 0.6 is 0 Å². The first-order valence-corrected chi connectivity index (χ1v) is 8.83. The molecule has 0 aliphatic carbocycles. The van der Waals surface area contributed by atoms with Crippen molar-refractivity contribution in [1.29, 1.82) is 0 Å². The maximum atomic E-state index is 12.4. The van der Waals surface area contributed by atoms with Crippen LogP contribution < -0.4 is 5.32 Å². The lowest BCUT2D eigenvalue weighted by Gasteiger charge is -2.32. The summed E-state index contributed by atoms with van der Waals surface area (Å²) in [4.78, 5) is 19.1. The highest BCUT2D eigenvalue weighted by Gasteiger charge is 2.28. The van der Waals surface area contributed by atoms with Crippen molar-refractivity contribution in [2.75, 3.05) is 13.1 Å². The highest BCUT2D eigenvalue weighted by molar-refractivity contribution is 5.79. The standard InChI is InChI=1S/C19H26N4O2/c1-19(2,3)21-18(24)15-10-7-11-23(12-15)13-16-20-17(22-25-16)14-8-5-4-6-9-14/h4-6,8-9,15H,7,10-13H2,1-3H3,(H,21,24). The quantitative estimate of drug-likeness (QED) is 0.925. The lowest BCUT2D eigenvalue weighted by atomic mass is 9.95. The number of rotatable bonds is 4. The fourth-order valence-electron chi connectivity index (χ4n) is 3.10. The van der Waals surface area contributed by atoms with Gasteiger partial charge in [-0.3, -0.25) is 9.69 Å². The van der Waals surface area contributed by atoms with Crippen LogP contribution in [0.25, 0.3) is 11.4 Å². The van der Waals surface area contributed by atoms with E-state index in [9.17, 15) is 4.79 Å². The average molecular weight is 342 g/mol. The summed E-state index contributed by atoms with van der Waals surface area (Å²) in [7, 11) is 0. The molecule has 1 saturated heterocycles. The minimum Gasteiger partial charge on any atom is -0.351 e. The summed E-state index contributed by atoms with van der Waals surface area (Å²) < 4.78 is 5.39. The first kappa shape index (κ1) is 17.6. The van der Waals surface area contributed by atoms with Crippen molar-refractivity contribution in [3.05, 3.63) is 36.2 Å².